The van der Waals surface area contributed by atoms with Gasteiger partial charge in [-0.15, -0.1) is 0 Å². The highest BCUT2D eigenvalue weighted by Crippen LogP contribution is 2.54. The molecule has 4 rings (SSSR count). The third kappa shape index (κ3) is 2.95. The largest absolute Gasteiger partial charge is 0.508 e. The summed E-state index contributed by atoms with van der Waals surface area (Å²) in [6.45, 7) is 6.56. The van der Waals surface area contributed by atoms with Gasteiger partial charge in [0.2, 0.25) is 0 Å². The zero-order valence-corrected chi connectivity index (χ0v) is 15.3. The summed E-state index contributed by atoms with van der Waals surface area (Å²) in [5, 5.41) is 10.8. The molecule has 0 aromatic heterocycles. The summed E-state index contributed by atoms with van der Waals surface area (Å²) < 4.78 is 6.39. The second kappa shape index (κ2) is 5.94. The lowest BCUT2D eigenvalue weighted by molar-refractivity contribution is 0.00754. The van der Waals surface area contributed by atoms with Crippen LogP contribution in [-0.4, -0.2) is 10.7 Å². The predicted octanol–water partition coefficient (Wildman–Crippen LogP) is 5.59. The van der Waals surface area contributed by atoms with Gasteiger partial charge in [0.15, 0.2) is 0 Å². The van der Waals surface area contributed by atoms with Gasteiger partial charge in [-0.2, -0.15) is 0 Å². The molecule has 2 aromatic rings. The molecule has 0 amide bonds. The second-order valence-corrected chi connectivity index (χ2v) is 8.10. The van der Waals surface area contributed by atoms with Crippen LogP contribution in [0.4, 0.5) is 0 Å². The zero-order valence-electron chi connectivity index (χ0n) is 15.3. The van der Waals surface area contributed by atoms with E-state index >= 15 is 0 Å². The fourth-order valence-corrected chi connectivity index (χ4v) is 4.55. The first kappa shape index (κ1) is 16.3. The Kier molecular flexibility index (Phi) is 3.87. The fourth-order valence-electron chi connectivity index (χ4n) is 4.55. The molecule has 25 heavy (non-hydrogen) atoms. The van der Waals surface area contributed by atoms with E-state index in [1.165, 1.54) is 11.1 Å². The summed E-state index contributed by atoms with van der Waals surface area (Å²) in [6, 6.07) is 14.4. The quantitative estimate of drug-likeness (QED) is 0.725. The molecule has 130 valence electrons. The molecule has 0 radical (unpaired) electrons. The van der Waals surface area contributed by atoms with E-state index in [-0.39, 0.29) is 5.60 Å². The molecule has 1 aliphatic heterocycles. The number of phenols is 1. The van der Waals surface area contributed by atoms with Gasteiger partial charge in [-0.1, -0.05) is 42.0 Å². The van der Waals surface area contributed by atoms with Crippen molar-refractivity contribution in [1.29, 1.82) is 0 Å². The minimum absolute atomic E-state index is 0.216. The molecule has 1 aliphatic carbocycles. The number of fused-ring (bicyclic) bond motifs is 3. The number of aromatic hydroxyl groups is 1. The first-order chi connectivity index (χ1) is 11.9. The normalized spacial score (nSPS) is 23.9. The smallest absolute Gasteiger partial charge is 0.127 e. The van der Waals surface area contributed by atoms with Crippen LogP contribution >= 0.6 is 0 Å². The summed E-state index contributed by atoms with van der Waals surface area (Å²) in [6.07, 6.45) is 5.17. The van der Waals surface area contributed by atoms with Crippen LogP contribution in [-0.2, 0) is 6.42 Å². The Morgan fingerprint density at radius 1 is 1.12 bits per heavy atom. The molecule has 0 fully saturated rings. The molecule has 2 aliphatic rings. The van der Waals surface area contributed by atoms with E-state index in [1.807, 2.05) is 12.1 Å². The van der Waals surface area contributed by atoms with Gasteiger partial charge in [-0.3, -0.25) is 0 Å². The Morgan fingerprint density at radius 2 is 1.88 bits per heavy atom. The number of rotatable bonds is 2. The number of benzene rings is 2. The second-order valence-electron chi connectivity index (χ2n) is 8.10. The van der Waals surface area contributed by atoms with E-state index in [1.54, 1.807) is 0 Å². The SMILES string of the molecule is CC1=CC[C@@H]2[C@@H](C1)c1c(O)cc(Cc3ccccc3)cc1OC2(C)C. The maximum absolute atomic E-state index is 10.8. The van der Waals surface area contributed by atoms with Gasteiger partial charge in [-0.25, -0.2) is 0 Å². The topological polar surface area (TPSA) is 29.5 Å². The van der Waals surface area contributed by atoms with Gasteiger partial charge in [0.1, 0.15) is 17.1 Å². The third-order valence-electron chi connectivity index (χ3n) is 5.82. The lowest BCUT2D eigenvalue weighted by Crippen LogP contribution is -2.45. The van der Waals surface area contributed by atoms with Gasteiger partial charge in [0, 0.05) is 17.4 Å². The molecule has 0 saturated heterocycles. The highest BCUT2D eigenvalue weighted by molar-refractivity contribution is 5.53. The van der Waals surface area contributed by atoms with Crippen LogP contribution in [0.3, 0.4) is 0 Å². The van der Waals surface area contributed by atoms with E-state index in [9.17, 15) is 5.11 Å². The minimum Gasteiger partial charge on any atom is -0.508 e. The Hall–Kier alpha value is -2.22. The van der Waals surface area contributed by atoms with Crippen molar-refractivity contribution in [2.45, 2.75) is 51.6 Å². The molecule has 1 N–H and O–H groups in total. The number of ether oxygens (including phenoxy) is 1. The summed E-state index contributed by atoms with van der Waals surface area (Å²) in [7, 11) is 0. The van der Waals surface area contributed by atoms with E-state index in [2.05, 4.69) is 57.2 Å². The van der Waals surface area contributed by atoms with Crippen molar-refractivity contribution in [3.8, 4) is 11.5 Å². The van der Waals surface area contributed by atoms with Crippen molar-refractivity contribution in [1.82, 2.24) is 0 Å². The monoisotopic (exact) mass is 334 g/mol. The first-order valence-corrected chi connectivity index (χ1v) is 9.18. The van der Waals surface area contributed by atoms with E-state index in [4.69, 9.17) is 4.74 Å². The lowest BCUT2D eigenvalue weighted by atomic mass is 9.67. The molecule has 2 aromatic carbocycles. The molecule has 0 unspecified atom stereocenters. The van der Waals surface area contributed by atoms with Crippen LogP contribution in [0.1, 0.15) is 56.2 Å². The van der Waals surface area contributed by atoms with Gasteiger partial charge in [-0.05, 0) is 63.3 Å². The molecule has 2 heteroatoms. The van der Waals surface area contributed by atoms with E-state index < -0.39 is 0 Å². The van der Waals surface area contributed by atoms with Gasteiger partial charge >= 0.3 is 0 Å². The van der Waals surface area contributed by atoms with Crippen molar-refractivity contribution in [3.63, 3.8) is 0 Å². The lowest BCUT2D eigenvalue weighted by Gasteiger charge is -2.47. The molecular weight excluding hydrogens is 308 g/mol. The Labute approximate surface area is 150 Å². The molecule has 0 bridgehead atoms. The zero-order chi connectivity index (χ0) is 17.6. The van der Waals surface area contributed by atoms with Crippen LogP contribution in [0, 0.1) is 5.92 Å². The standard InChI is InChI=1S/C23H26O2/c1-15-9-10-19-18(11-15)22-20(24)13-17(12-16-7-5-4-6-8-16)14-21(22)25-23(19,2)3/h4-9,13-14,18-19,24H,10-12H2,1-3H3/t18-,19-/m1/s1. The van der Waals surface area contributed by atoms with Crippen LogP contribution in [0.15, 0.2) is 54.1 Å². The van der Waals surface area contributed by atoms with Gasteiger partial charge in [0.25, 0.3) is 0 Å². The Balaban J connectivity index is 1.75. The van der Waals surface area contributed by atoms with Crippen molar-refractivity contribution < 1.29 is 9.84 Å². The summed E-state index contributed by atoms with van der Waals surface area (Å²) in [4.78, 5) is 0. The first-order valence-electron chi connectivity index (χ1n) is 9.18. The fraction of sp³-hybridized carbons (Fsp3) is 0.391. The van der Waals surface area contributed by atoms with Crippen molar-refractivity contribution in [3.05, 3.63) is 70.8 Å². The molecular formula is C23H26O2. The van der Waals surface area contributed by atoms with E-state index in [0.29, 0.717) is 17.6 Å². The van der Waals surface area contributed by atoms with Gasteiger partial charge in [0.05, 0.1) is 0 Å². The number of hydrogen-bond donors (Lipinski definition) is 1. The maximum atomic E-state index is 10.8. The Morgan fingerprint density at radius 3 is 2.64 bits per heavy atom. The summed E-state index contributed by atoms with van der Waals surface area (Å²) in [5.41, 5.74) is 4.55. The average Bonchev–Trinajstić information content (AvgIpc) is 2.54. The van der Waals surface area contributed by atoms with Crippen molar-refractivity contribution in [2.24, 2.45) is 5.92 Å². The van der Waals surface area contributed by atoms with Crippen LogP contribution < -0.4 is 4.74 Å². The van der Waals surface area contributed by atoms with Crippen molar-refractivity contribution >= 4 is 0 Å². The number of hydrogen-bond acceptors (Lipinski definition) is 2. The Bertz CT molecular complexity index is 817. The third-order valence-corrected chi connectivity index (χ3v) is 5.82. The molecule has 2 nitrogen and oxygen atoms in total. The molecule has 0 spiro atoms. The average molecular weight is 334 g/mol. The molecule has 2 atom stereocenters. The van der Waals surface area contributed by atoms with E-state index in [0.717, 1.165) is 36.1 Å². The highest BCUT2D eigenvalue weighted by atomic mass is 16.5. The maximum Gasteiger partial charge on any atom is 0.127 e. The highest BCUT2D eigenvalue weighted by Gasteiger charge is 2.45. The van der Waals surface area contributed by atoms with Gasteiger partial charge < -0.3 is 9.84 Å². The number of allylic oxidation sites excluding steroid dienone is 2. The molecule has 1 heterocycles. The predicted molar refractivity (Wildman–Crippen MR) is 101 cm³/mol. The number of phenolic OH excluding ortho intramolecular Hbond substituents is 1. The summed E-state index contributed by atoms with van der Waals surface area (Å²) >= 11 is 0. The molecule has 0 saturated carbocycles. The van der Waals surface area contributed by atoms with Crippen molar-refractivity contribution in [2.75, 3.05) is 0 Å². The van der Waals surface area contributed by atoms with Crippen LogP contribution in [0.2, 0.25) is 0 Å². The minimum atomic E-state index is -0.216. The summed E-state index contributed by atoms with van der Waals surface area (Å²) in [5.74, 6) is 2.01. The van der Waals surface area contributed by atoms with Crippen LogP contribution in [0.5, 0.6) is 11.5 Å². The van der Waals surface area contributed by atoms with Crippen LogP contribution in [0.25, 0.3) is 0 Å².